The highest BCUT2D eigenvalue weighted by Gasteiger charge is 2.24. The number of rotatable bonds is 13. The number of primary amides is 2. The molecule has 0 aromatic rings. The van der Waals surface area contributed by atoms with Crippen LogP contribution in [0.4, 0.5) is 0 Å². The molecule has 0 atom stereocenters. The van der Waals surface area contributed by atoms with Crippen molar-refractivity contribution in [2.24, 2.45) is 34.8 Å². The van der Waals surface area contributed by atoms with Gasteiger partial charge in [0.15, 0.2) is 0 Å². The average molecular weight is 439 g/mol. The molecule has 0 aliphatic heterocycles. The van der Waals surface area contributed by atoms with Gasteiger partial charge in [0.05, 0.1) is 0 Å². The largest absolute Gasteiger partial charge is 0.370 e. The second-order valence-electron chi connectivity index (χ2n) is 10.1. The maximum Gasteiger partial charge on any atom is 0.217 e. The Morgan fingerprint density at radius 1 is 0.516 bits per heavy atom. The first kappa shape index (κ1) is 27.9. The number of unbranched alkanes of at least 4 members (excludes halogenated alkanes) is 7. The van der Waals surface area contributed by atoms with Crippen LogP contribution in [-0.2, 0) is 9.59 Å². The molecule has 2 aliphatic rings. The fourth-order valence-corrected chi connectivity index (χ4v) is 4.98. The summed E-state index contributed by atoms with van der Waals surface area (Å²) in [7, 11) is 0. The maximum atomic E-state index is 10.4. The monoisotopic (exact) mass is 438 g/mol. The molecule has 2 rings (SSSR count). The van der Waals surface area contributed by atoms with Crippen LogP contribution in [0.15, 0.2) is 0 Å². The summed E-state index contributed by atoms with van der Waals surface area (Å²) in [5.41, 5.74) is 21.9. The Balaban J connectivity index is 0.000000310. The molecule has 8 N–H and O–H groups in total. The molecule has 0 bridgehead atoms. The lowest BCUT2D eigenvalue weighted by atomic mass is 9.76. The van der Waals surface area contributed by atoms with Gasteiger partial charge in [-0.25, -0.2) is 0 Å². The number of carbonyl (C=O) groups is 2. The molecule has 2 fully saturated rings. The van der Waals surface area contributed by atoms with E-state index >= 15 is 0 Å². The molecule has 0 saturated heterocycles. The summed E-state index contributed by atoms with van der Waals surface area (Å²) in [6.45, 7) is 0. The fourth-order valence-electron chi connectivity index (χ4n) is 4.98. The standard InChI is InChI=1S/C13H26N2.C12H24N2O2/c14-12-5-1-10(2-6-12)9-11-3-7-13(15)8-4-11;13-11(15)9-7-5-3-1-2-4-6-8-10-12(14)16/h10-13H,1-9,14-15H2;1-10H2,(H2,13,15)(H2,14,16). The predicted molar refractivity (Wildman–Crippen MR) is 129 cm³/mol. The highest BCUT2D eigenvalue weighted by Crippen LogP contribution is 2.34. The van der Waals surface area contributed by atoms with Crippen LogP contribution in [0.1, 0.15) is 122 Å². The van der Waals surface area contributed by atoms with Crippen LogP contribution in [0.5, 0.6) is 0 Å². The van der Waals surface area contributed by atoms with Crippen molar-refractivity contribution >= 4 is 11.8 Å². The Morgan fingerprint density at radius 3 is 1.10 bits per heavy atom. The molecule has 2 aliphatic carbocycles. The molecule has 0 spiro atoms. The van der Waals surface area contributed by atoms with Crippen molar-refractivity contribution in [3.63, 3.8) is 0 Å². The topological polar surface area (TPSA) is 138 Å². The van der Waals surface area contributed by atoms with Crippen LogP contribution >= 0.6 is 0 Å². The zero-order chi connectivity index (χ0) is 22.9. The number of hydrogen-bond donors (Lipinski definition) is 4. The third kappa shape index (κ3) is 16.2. The highest BCUT2D eigenvalue weighted by atomic mass is 16.1. The normalized spacial score (nSPS) is 26.0. The SMILES string of the molecule is NC(=O)CCCCCCCCCCC(N)=O.NC1CCC(CC2CCC(N)CC2)CC1. The minimum absolute atomic E-state index is 0.202. The molecule has 0 heterocycles. The first-order chi connectivity index (χ1) is 14.9. The summed E-state index contributed by atoms with van der Waals surface area (Å²) in [5, 5.41) is 0. The number of nitrogens with two attached hydrogens (primary N) is 4. The number of amides is 2. The van der Waals surface area contributed by atoms with Crippen molar-refractivity contribution < 1.29 is 9.59 Å². The molecule has 2 saturated carbocycles. The molecule has 0 aromatic carbocycles. The van der Waals surface area contributed by atoms with Gasteiger partial charge in [0.2, 0.25) is 11.8 Å². The second-order valence-corrected chi connectivity index (χ2v) is 10.1. The minimum atomic E-state index is -0.202. The Labute approximate surface area is 190 Å². The fraction of sp³-hybridized carbons (Fsp3) is 0.920. The van der Waals surface area contributed by atoms with E-state index in [4.69, 9.17) is 22.9 Å². The van der Waals surface area contributed by atoms with Crippen molar-refractivity contribution in [1.82, 2.24) is 0 Å². The van der Waals surface area contributed by atoms with Crippen LogP contribution in [0.2, 0.25) is 0 Å². The van der Waals surface area contributed by atoms with Gasteiger partial charge in [0.25, 0.3) is 0 Å². The summed E-state index contributed by atoms with van der Waals surface area (Å²) >= 11 is 0. The van der Waals surface area contributed by atoms with E-state index in [-0.39, 0.29) is 11.8 Å². The summed E-state index contributed by atoms with van der Waals surface area (Å²) < 4.78 is 0. The van der Waals surface area contributed by atoms with Crippen molar-refractivity contribution in [1.29, 1.82) is 0 Å². The second kappa shape index (κ2) is 17.4. The van der Waals surface area contributed by atoms with Gasteiger partial charge in [-0.05, 0) is 82.5 Å². The highest BCUT2D eigenvalue weighted by molar-refractivity contribution is 5.73. The first-order valence-corrected chi connectivity index (χ1v) is 12.9. The molecular weight excluding hydrogens is 388 g/mol. The third-order valence-corrected chi connectivity index (χ3v) is 7.05. The summed E-state index contributed by atoms with van der Waals surface area (Å²) in [6, 6.07) is 1.00. The number of hydrogen-bond acceptors (Lipinski definition) is 4. The number of carbonyl (C=O) groups excluding carboxylic acids is 2. The van der Waals surface area contributed by atoms with E-state index in [1.807, 2.05) is 0 Å². The van der Waals surface area contributed by atoms with Crippen LogP contribution in [-0.4, -0.2) is 23.9 Å². The van der Waals surface area contributed by atoms with Crippen LogP contribution in [0.25, 0.3) is 0 Å². The van der Waals surface area contributed by atoms with Gasteiger partial charge in [-0.2, -0.15) is 0 Å². The molecule has 0 unspecified atom stereocenters. The van der Waals surface area contributed by atoms with Gasteiger partial charge in [-0.15, -0.1) is 0 Å². The third-order valence-electron chi connectivity index (χ3n) is 7.05. The van der Waals surface area contributed by atoms with Crippen molar-refractivity contribution in [3.8, 4) is 0 Å². The van der Waals surface area contributed by atoms with E-state index in [0.29, 0.717) is 24.9 Å². The maximum absolute atomic E-state index is 10.4. The van der Waals surface area contributed by atoms with Gasteiger partial charge in [0, 0.05) is 24.9 Å². The molecule has 182 valence electrons. The average Bonchev–Trinajstić information content (AvgIpc) is 2.73. The van der Waals surface area contributed by atoms with Crippen LogP contribution in [0, 0.1) is 11.8 Å². The van der Waals surface area contributed by atoms with E-state index < -0.39 is 0 Å². The first-order valence-electron chi connectivity index (χ1n) is 12.9. The van der Waals surface area contributed by atoms with Gasteiger partial charge in [-0.3, -0.25) is 9.59 Å². The van der Waals surface area contributed by atoms with Gasteiger partial charge in [-0.1, -0.05) is 38.5 Å². The van der Waals surface area contributed by atoms with Gasteiger partial charge in [0.1, 0.15) is 0 Å². The Kier molecular flexibility index (Phi) is 15.7. The molecule has 31 heavy (non-hydrogen) atoms. The van der Waals surface area contributed by atoms with Crippen LogP contribution < -0.4 is 22.9 Å². The lowest BCUT2D eigenvalue weighted by Crippen LogP contribution is -2.30. The predicted octanol–water partition coefficient (Wildman–Crippen LogP) is 4.27. The Hall–Kier alpha value is -1.14. The van der Waals surface area contributed by atoms with E-state index in [1.54, 1.807) is 0 Å². The zero-order valence-electron chi connectivity index (χ0n) is 19.9. The summed E-state index contributed by atoms with van der Waals surface area (Å²) in [5.74, 6) is 1.55. The van der Waals surface area contributed by atoms with Gasteiger partial charge >= 0.3 is 0 Å². The van der Waals surface area contributed by atoms with E-state index in [1.165, 1.54) is 83.5 Å². The van der Waals surface area contributed by atoms with Crippen molar-refractivity contribution in [2.75, 3.05) is 0 Å². The summed E-state index contributed by atoms with van der Waals surface area (Å²) in [4.78, 5) is 20.9. The minimum Gasteiger partial charge on any atom is -0.370 e. The quantitative estimate of drug-likeness (QED) is 0.319. The molecule has 6 nitrogen and oxygen atoms in total. The molecule has 0 aromatic heterocycles. The van der Waals surface area contributed by atoms with Crippen molar-refractivity contribution in [2.45, 2.75) is 134 Å². The van der Waals surface area contributed by atoms with E-state index in [0.717, 1.165) is 37.5 Å². The Morgan fingerprint density at radius 2 is 0.806 bits per heavy atom. The lowest BCUT2D eigenvalue weighted by molar-refractivity contribution is -0.119. The molecule has 0 radical (unpaired) electrons. The van der Waals surface area contributed by atoms with Gasteiger partial charge < -0.3 is 22.9 Å². The molecule has 2 amide bonds. The van der Waals surface area contributed by atoms with E-state index in [9.17, 15) is 9.59 Å². The zero-order valence-corrected chi connectivity index (χ0v) is 19.9. The van der Waals surface area contributed by atoms with Crippen LogP contribution in [0.3, 0.4) is 0 Å². The lowest BCUT2D eigenvalue weighted by Gasteiger charge is -2.32. The van der Waals surface area contributed by atoms with E-state index in [2.05, 4.69) is 0 Å². The molecule has 6 heteroatoms. The molecular formula is C25H50N4O2. The summed E-state index contributed by atoms with van der Waals surface area (Å²) in [6.07, 6.45) is 21.8. The Bertz CT molecular complexity index is 428. The smallest absolute Gasteiger partial charge is 0.217 e. The van der Waals surface area contributed by atoms with Crippen molar-refractivity contribution in [3.05, 3.63) is 0 Å².